The molecule has 14 heavy (non-hydrogen) atoms. The van der Waals surface area contributed by atoms with E-state index in [9.17, 15) is 13.6 Å². The summed E-state index contributed by atoms with van der Waals surface area (Å²) in [6, 6.07) is 2.95. The van der Waals surface area contributed by atoms with Gasteiger partial charge in [-0.25, -0.2) is 13.6 Å². The molecule has 76 valence electrons. The molecule has 0 spiro atoms. The van der Waals surface area contributed by atoms with Gasteiger partial charge >= 0.3 is 5.97 Å². The van der Waals surface area contributed by atoms with Gasteiger partial charge in [-0.1, -0.05) is 0 Å². The molecule has 0 amide bonds. The zero-order valence-electron chi connectivity index (χ0n) is 7.33. The van der Waals surface area contributed by atoms with Gasteiger partial charge in [-0.05, 0) is 18.2 Å². The number of rotatable bonds is 2. The highest BCUT2D eigenvalue weighted by molar-refractivity contribution is 5.90. The number of benzene rings is 1. The first-order valence-electron chi connectivity index (χ1n) is 3.75. The lowest BCUT2D eigenvalue weighted by Gasteiger charge is -2.04. The van der Waals surface area contributed by atoms with Gasteiger partial charge in [0.25, 0.3) is 6.43 Å². The van der Waals surface area contributed by atoms with Crippen molar-refractivity contribution >= 4 is 5.97 Å². The summed E-state index contributed by atoms with van der Waals surface area (Å²) in [6.45, 7) is 0. The smallest absolute Gasteiger partial charge is 0.337 e. The van der Waals surface area contributed by atoms with E-state index in [1.54, 1.807) is 0 Å². The van der Waals surface area contributed by atoms with Crippen LogP contribution in [0.2, 0.25) is 0 Å². The largest absolute Gasteiger partial charge is 0.508 e. The number of carbonyl (C=O) groups excluding carboxylic acids is 1. The summed E-state index contributed by atoms with van der Waals surface area (Å²) in [7, 11) is 1.13. The molecule has 0 unspecified atom stereocenters. The van der Waals surface area contributed by atoms with Crippen LogP contribution in [0.1, 0.15) is 22.3 Å². The quantitative estimate of drug-likeness (QED) is 0.747. The second-order valence-electron chi connectivity index (χ2n) is 2.61. The van der Waals surface area contributed by atoms with Gasteiger partial charge in [0, 0.05) is 5.56 Å². The number of alkyl halides is 2. The zero-order chi connectivity index (χ0) is 10.7. The van der Waals surface area contributed by atoms with Crippen molar-refractivity contribution < 1.29 is 23.4 Å². The fourth-order valence-corrected chi connectivity index (χ4v) is 0.996. The van der Waals surface area contributed by atoms with Crippen molar-refractivity contribution in [2.24, 2.45) is 0 Å². The predicted octanol–water partition coefficient (Wildman–Crippen LogP) is 2.12. The van der Waals surface area contributed by atoms with Gasteiger partial charge in [-0.3, -0.25) is 0 Å². The molecule has 3 nitrogen and oxygen atoms in total. The molecule has 1 aromatic carbocycles. The van der Waals surface area contributed by atoms with E-state index in [-0.39, 0.29) is 11.3 Å². The van der Waals surface area contributed by atoms with Crippen molar-refractivity contribution in [1.82, 2.24) is 0 Å². The van der Waals surface area contributed by atoms with Crippen LogP contribution in [-0.2, 0) is 4.74 Å². The Kier molecular flexibility index (Phi) is 3.01. The first kappa shape index (κ1) is 10.4. The molecule has 1 N–H and O–H groups in total. The summed E-state index contributed by atoms with van der Waals surface area (Å²) in [5, 5.41) is 9.05. The lowest BCUT2D eigenvalue weighted by molar-refractivity contribution is 0.0599. The van der Waals surface area contributed by atoms with Gasteiger partial charge in [0.2, 0.25) is 0 Å². The minimum Gasteiger partial charge on any atom is -0.508 e. The van der Waals surface area contributed by atoms with Crippen molar-refractivity contribution in [1.29, 1.82) is 0 Å². The average Bonchev–Trinajstić information content (AvgIpc) is 2.15. The highest BCUT2D eigenvalue weighted by Gasteiger charge is 2.13. The minimum atomic E-state index is -2.73. The second kappa shape index (κ2) is 4.04. The number of methoxy groups -OCH3 is 1. The number of hydrogen-bond donors (Lipinski definition) is 1. The van der Waals surface area contributed by atoms with E-state index in [0.717, 1.165) is 25.3 Å². The molecule has 0 heterocycles. The topological polar surface area (TPSA) is 46.5 Å². The number of phenolic OH excluding ortho intramolecular Hbond substituents is 1. The molecule has 0 saturated heterocycles. The van der Waals surface area contributed by atoms with Crippen LogP contribution in [0.3, 0.4) is 0 Å². The Labute approximate surface area is 78.9 Å². The molecule has 0 radical (unpaired) electrons. The molecule has 5 heteroatoms. The van der Waals surface area contributed by atoms with Crippen LogP contribution in [0, 0.1) is 0 Å². The summed E-state index contributed by atoms with van der Waals surface area (Å²) in [5.41, 5.74) is -0.506. The van der Waals surface area contributed by atoms with Crippen molar-refractivity contribution in [3.8, 4) is 5.75 Å². The maximum absolute atomic E-state index is 12.2. The number of phenols is 1. The minimum absolute atomic E-state index is 0.0946. The number of ether oxygens (including phenoxy) is 1. The summed E-state index contributed by atoms with van der Waals surface area (Å²) >= 11 is 0. The summed E-state index contributed by atoms with van der Waals surface area (Å²) in [4.78, 5) is 11.0. The van der Waals surface area contributed by atoms with Gasteiger partial charge in [-0.2, -0.15) is 0 Å². The first-order chi connectivity index (χ1) is 6.54. The van der Waals surface area contributed by atoms with Crippen LogP contribution in [0.5, 0.6) is 5.75 Å². The van der Waals surface area contributed by atoms with Gasteiger partial charge in [0.15, 0.2) is 0 Å². The fraction of sp³-hybridized carbons (Fsp3) is 0.222. The van der Waals surface area contributed by atoms with Gasteiger partial charge < -0.3 is 9.84 Å². The summed E-state index contributed by atoms with van der Waals surface area (Å²) in [6.07, 6.45) is -2.73. The lowest BCUT2D eigenvalue weighted by Crippen LogP contribution is -2.01. The molecule has 1 rings (SSSR count). The van der Waals surface area contributed by atoms with Crippen molar-refractivity contribution in [2.75, 3.05) is 7.11 Å². The number of carbonyl (C=O) groups is 1. The molecule has 0 aliphatic rings. The van der Waals surface area contributed by atoms with E-state index < -0.39 is 18.0 Å². The van der Waals surface area contributed by atoms with Crippen LogP contribution in [0.4, 0.5) is 8.78 Å². The number of aromatic hydroxyl groups is 1. The Bertz CT molecular complexity index is 350. The third-order valence-corrected chi connectivity index (χ3v) is 1.61. The van der Waals surface area contributed by atoms with Crippen molar-refractivity contribution in [3.05, 3.63) is 29.3 Å². The van der Waals surface area contributed by atoms with Crippen LogP contribution in [-0.4, -0.2) is 18.2 Å². The maximum atomic E-state index is 12.2. The summed E-state index contributed by atoms with van der Waals surface area (Å²) < 4.78 is 28.8. The Balaban J connectivity index is 3.13. The van der Waals surface area contributed by atoms with Gasteiger partial charge in [0.1, 0.15) is 5.75 Å². The molecule has 0 atom stereocenters. The van der Waals surface area contributed by atoms with Gasteiger partial charge in [0.05, 0.1) is 12.7 Å². The fourth-order valence-electron chi connectivity index (χ4n) is 0.996. The number of hydrogen-bond acceptors (Lipinski definition) is 3. The monoisotopic (exact) mass is 202 g/mol. The average molecular weight is 202 g/mol. The van der Waals surface area contributed by atoms with E-state index in [2.05, 4.69) is 4.74 Å². The molecular weight excluding hydrogens is 194 g/mol. The SMILES string of the molecule is COC(=O)c1cc(O)cc(C(F)F)c1. The normalized spacial score (nSPS) is 10.3. The van der Waals surface area contributed by atoms with Crippen molar-refractivity contribution in [2.45, 2.75) is 6.43 Å². The standard InChI is InChI=1S/C9H8F2O3/c1-14-9(13)6-2-5(8(10)11)3-7(12)4-6/h2-4,8,12H,1H3. The third kappa shape index (κ3) is 2.18. The van der Waals surface area contributed by atoms with E-state index in [1.807, 2.05) is 0 Å². The maximum Gasteiger partial charge on any atom is 0.337 e. The van der Waals surface area contributed by atoms with Crippen molar-refractivity contribution in [3.63, 3.8) is 0 Å². The van der Waals surface area contributed by atoms with E-state index in [0.29, 0.717) is 0 Å². The second-order valence-corrected chi connectivity index (χ2v) is 2.61. The predicted molar refractivity (Wildman–Crippen MR) is 44.4 cm³/mol. The lowest BCUT2D eigenvalue weighted by atomic mass is 10.1. The van der Waals surface area contributed by atoms with E-state index in [1.165, 1.54) is 0 Å². The molecular formula is C9H8F2O3. The van der Waals surface area contributed by atoms with Crippen LogP contribution >= 0.6 is 0 Å². The van der Waals surface area contributed by atoms with Crippen LogP contribution in [0.25, 0.3) is 0 Å². The number of esters is 1. The Morgan fingerprint density at radius 1 is 1.43 bits per heavy atom. The Morgan fingerprint density at radius 2 is 2.07 bits per heavy atom. The summed E-state index contributed by atoms with van der Waals surface area (Å²) in [5.74, 6) is -1.15. The molecule has 0 bridgehead atoms. The highest BCUT2D eigenvalue weighted by Crippen LogP contribution is 2.24. The molecule has 0 aliphatic heterocycles. The third-order valence-electron chi connectivity index (χ3n) is 1.61. The molecule has 0 aromatic heterocycles. The first-order valence-corrected chi connectivity index (χ1v) is 3.75. The van der Waals surface area contributed by atoms with Crippen LogP contribution < -0.4 is 0 Å². The highest BCUT2D eigenvalue weighted by atomic mass is 19.3. The molecule has 0 fully saturated rings. The Hall–Kier alpha value is -1.65. The molecule has 0 saturated carbocycles. The van der Waals surface area contributed by atoms with Crippen LogP contribution in [0.15, 0.2) is 18.2 Å². The Morgan fingerprint density at radius 3 is 2.57 bits per heavy atom. The van der Waals surface area contributed by atoms with E-state index in [4.69, 9.17) is 5.11 Å². The van der Waals surface area contributed by atoms with E-state index >= 15 is 0 Å². The number of halogens is 2. The molecule has 0 aliphatic carbocycles. The zero-order valence-corrected chi connectivity index (χ0v) is 7.33. The molecule has 1 aromatic rings. The van der Waals surface area contributed by atoms with Gasteiger partial charge in [-0.15, -0.1) is 0 Å².